The average Bonchev–Trinajstić information content (AvgIpc) is 3.23. The molecule has 1 unspecified atom stereocenters. The Hall–Kier alpha value is -3.94. The summed E-state index contributed by atoms with van der Waals surface area (Å²) in [5.41, 5.74) is 8.12. The number of anilines is 1. The van der Waals surface area contributed by atoms with Gasteiger partial charge in [0, 0.05) is 18.3 Å². The van der Waals surface area contributed by atoms with E-state index in [2.05, 4.69) is 15.3 Å². The van der Waals surface area contributed by atoms with Gasteiger partial charge < -0.3 is 15.5 Å². The Morgan fingerprint density at radius 3 is 2.76 bits per heavy atom. The number of carbonyl (C=O) groups is 2. The van der Waals surface area contributed by atoms with Gasteiger partial charge in [0.05, 0.1) is 12.5 Å². The quantitative estimate of drug-likeness (QED) is 0.712. The number of aliphatic imine (C=N–C) groups is 1. The van der Waals surface area contributed by atoms with Gasteiger partial charge in [0.25, 0.3) is 5.91 Å². The molecular formula is C21H19N5O3. The maximum absolute atomic E-state index is 12.6. The van der Waals surface area contributed by atoms with Gasteiger partial charge >= 0.3 is 0 Å². The number of oxazole rings is 1. The summed E-state index contributed by atoms with van der Waals surface area (Å²) in [4.78, 5) is 34.5. The van der Waals surface area contributed by atoms with Gasteiger partial charge in [0.15, 0.2) is 11.7 Å². The van der Waals surface area contributed by atoms with Crippen LogP contribution in [0, 0.1) is 0 Å². The smallest absolute Gasteiger partial charge is 0.277 e. The van der Waals surface area contributed by atoms with Crippen LogP contribution in [0.5, 0.6) is 0 Å². The Morgan fingerprint density at radius 2 is 2.00 bits per heavy atom. The van der Waals surface area contributed by atoms with Crippen LogP contribution in [0.3, 0.4) is 0 Å². The fraction of sp³-hybridized carbons (Fsp3) is 0.143. The molecule has 8 heteroatoms. The molecule has 1 aliphatic rings. The number of amides is 2. The molecule has 0 radical (unpaired) electrons. The van der Waals surface area contributed by atoms with Crippen LogP contribution in [-0.2, 0) is 4.79 Å². The van der Waals surface area contributed by atoms with Crippen LogP contribution in [0.1, 0.15) is 28.5 Å². The van der Waals surface area contributed by atoms with E-state index in [0.717, 1.165) is 11.1 Å². The third-order valence-corrected chi connectivity index (χ3v) is 4.66. The lowest BCUT2D eigenvalue weighted by molar-refractivity contribution is -0.127. The predicted molar refractivity (Wildman–Crippen MR) is 108 cm³/mol. The number of carbonyl (C=O) groups excluding carboxylic acids is 2. The molecule has 0 spiro atoms. The number of nitrogens with zero attached hydrogens (tertiary/aromatic N) is 3. The maximum atomic E-state index is 12.6. The molecule has 2 amide bonds. The minimum Gasteiger partial charge on any atom is -0.444 e. The van der Waals surface area contributed by atoms with Crippen molar-refractivity contribution >= 4 is 23.5 Å². The number of benzene rings is 2. The summed E-state index contributed by atoms with van der Waals surface area (Å²) < 4.78 is 5.42. The minimum atomic E-state index is -0.393. The normalized spacial score (nSPS) is 16.4. The maximum Gasteiger partial charge on any atom is 0.277 e. The lowest BCUT2D eigenvalue weighted by atomic mass is 10.0. The highest BCUT2D eigenvalue weighted by molar-refractivity contribution is 6.03. The van der Waals surface area contributed by atoms with Crippen molar-refractivity contribution in [1.82, 2.24) is 9.88 Å². The SMILES string of the molecule is CN1C(=O)CC(c2cccc(NC(=O)c3coc(-c4ccccc4)n3)c2)N=C1N. The van der Waals surface area contributed by atoms with Gasteiger partial charge in [0.1, 0.15) is 6.26 Å². The molecule has 2 aromatic carbocycles. The van der Waals surface area contributed by atoms with Crippen molar-refractivity contribution < 1.29 is 14.0 Å². The van der Waals surface area contributed by atoms with E-state index in [0.29, 0.717) is 11.6 Å². The highest BCUT2D eigenvalue weighted by Crippen LogP contribution is 2.27. The molecule has 1 atom stereocenters. The number of guanidine groups is 1. The molecule has 29 heavy (non-hydrogen) atoms. The molecule has 1 aliphatic heterocycles. The van der Waals surface area contributed by atoms with Crippen LogP contribution >= 0.6 is 0 Å². The molecule has 0 saturated carbocycles. The fourth-order valence-electron chi connectivity index (χ4n) is 3.02. The number of rotatable bonds is 4. The summed E-state index contributed by atoms with van der Waals surface area (Å²) in [7, 11) is 1.59. The van der Waals surface area contributed by atoms with Gasteiger partial charge in [-0.2, -0.15) is 0 Å². The van der Waals surface area contributed by atoms with Crippen LogP contribution in [0.4, 0.5) is 5.69 Å². The zero-order valence-corrected chi connectivity index (χ0v) is 15.7. The molecule has 0 aliphatic carbocycles. The first-order valence-electron chi connectivity index (χ1n) is 9.03. The number of nitrogens with one attached hydrogen (secondary N) is 1. The van der Waals surface area contributed by atoms with Crippen molar-refractivity contribution in [2.24, 2.45) is 10.7 Å². The minimum absolute atomic E-state index is 0.104. The number of aromatic nitrogens is 1. The Balaban J connectivity index is 1.51. The van der Waals surface area contributed by atoms with Crippen LogP contribution in [-0.4, -0.2) is 34.7 Å². The zero-order chi connectivity index (χ0) is 20.4. The van der Waals surface area contributed by atoms with E-state index in [4.69, 9.17) is 10.2 Å². The first-order chi connectivity index (χ1) is 14.0. The van der Waals surface area contributed by atoms with E-state index in [1.807, 2.05) is 36.4 Å². The molecule has 8 nitrogen and oxygen atoms in total. The lowest BCUT2D eigenvalue weighted by Gasteiger charge is -2.25. The Bertz CT molecular complexity index is 1090. The van der Waals surface area contributed by atoms with E-state index in [1.54, 1.807) is 25.2 Å². The summed E-state index contributed by atoms with van der Waals surface area (Å²) in [6.07, 6.45) is 1.54. The summed E-state index contributed by atoms with van der Waals surface area (Å²) in [6, 6.07) is 16.1. The highest BCUT2D eigenvalue weighted by Gasteiger charge is 2.26. The van der Waals surface area contributed by atoms with E-state index >= 15 is 0 Å². The Morgan fingerprint density at radius 1 is 1.21 bits per heavy atom. The summed E-state index contributed by atoms with van der Waals surface area (Å²) >= 11 is 0. The van der Waals surface area contributed by atoms with Crippen molar-refractivity contribution in [3.63, 3.8) is 0 Å². The lowest BCUT2D eigenvalue weighted by Crippen LogP contribution is -2.42. The molecule has 146 valence electrons. The van der Waals surface area contributed by atoms with Crippen molar-refractivity contribution in [2.45, 2.75) is 12.5 Å². The van der Waals surface area contributed by atoms with Crippen LogP contribution in [0.25, 0.3) is 11.5 Å². The van der Waals surface area contributed by atoms with Gasteiger partial charge in [-0.05, 0) is 29.8 Å². The van der Waals surface area contributed by atoms with Gasteiger partial charge in [-0.3, -0.25) is 14.5 Å². The van der Waals surface area contributed by atoms with E-state index in [9.17, 15) is 9.59 Å². The van der Waals surface area contributed by atoms with Crippen molar-refractivity contribution in [1.29, 1.82) is 0 Å². The van der Waals surface area contributed by atoms with Crippen LogP contribution in [0.2, 0.25) is 0 Å². The topological polar surface area (TPSA) is 114 Å². The van der Waals surface area contributed by atoms with Crippen LogP contribution in [0.15, 0.2) is 70.3 Å². The number of nitrogens with two attached hydrogens (primary N) is 1. The molecule has 1 aromatic heterocycles. The molecule has 3 aromatic rings. The van der Waals surface area contributed by atoms with Gasteiger partial charge in [-0.25, -0.2) is 9.98 Å². The van der Waals surface area contributed by atoms with Gasteiger partial charge in [-0.15, -0.1) is 0 Å². The standard InChI is InChI=1S/C21H19N5O3/c1-26-18(27)11-16(25-21(26)22)14-8-5-9-15(10-14)23-19(28)17-12-29-20(24-17)13-6-3-2-4-7-13/h2-10,12,16H,11H2,1H3,(H2,22,25)(H,23,28). The first kappa shape index (κ1) is 18.4. The number of hydrogen-bond acceptors (Lipinski definition) is 6. The van der Waals surface area contributed by atoms with E-state index < -0.39 is 5.91 Å². The van der Waals surface area contributed by atoms with Crippen molar-refractivity contribution in [3.05, 3.63) is 72.1 Å². The fourth-order valence-corrected chi connectivity index (χ4v) is 3.02. The molecule has 0 fully saturated rings. The summed E-state index contributed by atoms with van der Waals surface area (Å²) in [5, 5.41) is 2.80. The third-order valence-electron chi connectivity index (χ3n) is 4.66. The van der Waals surface area contributed by atoms with Gasteiger partial charge in [-0.1, -0.05) is 30.3 Å². The van der Waals surface area contributed by atoms with Crippen molar-refractivity contribution in [2.75, 3.05) is 12.4 Å². The predicted octanol–water partition coefficient (Wildman–Crippen LogP) is 2.81. The summed E-state index contributed by atoms with van der Waals surface area (Å²) in [6.45, 7) is 0. The molecule has 0 saturated heterocycles. The average molecular weight is 389 g/mol. The largest absolute Gasteiger partial charge is 0.444 e. The second kappa shape index (κ2) is 7.59. The molecule has 2 heterocycles. The van der Waals surface area contributed by atoms with E-state index in [1.165, 1.54) is 11.2 Å². The monoisotopic (exact) mass is 389 g/mol. The highest BCUT2D eigenvalue weighted by atomic mass is 16.3. The Labute approximate surface area is 167 Å². The van der Waals surface area contributed by atoms with Crippen LogP contribution < -0.4 is 11.1 Å². The number of hydrogen-bond donors (Lipinski definition) is 2. The molecule has 4 rings (SSSR count). The molecular weight excluding hydrogens is 370 g/mol. The van der Waals surface area contributed by atoms with Gasteiger partial charge in [0.2, 0.25) is 11.8 Å². The first-order valence-corrected chi connectivity index (χ1v) is 9.03. The van der Waals surface area contributed by atoms with E-state index in [-0.39, 0.29) is 30.0 Å². The second-order valence-corrected chi connectivity index (χ2v) is 6.64. The second-order valence-electron chi connectivity index (χ2n) is 6.64. The summed E-state index contributed by atoms with van der Waals surface area (Å²) in [5.74, 6) is 0.0550. The zero-order valence-electron chi connectivity index (χ0n) is 15.7. The molecule has 3 N–H and O–H groups in total. The Kier molecular flexibility index (Phi) is 4.82. The third kappa shape index (κ3) is 3.86. The molecule has 0 bridgehead atoms. The van der Waals surface area contributed by atoms with Crippen molar-refractivity contribution in [3.8, 4) is 11.5 Å².